The van der Waals surface area contributed by atoms with Crippen molar-refractivity contribution in [1.29, 1.82) is 0 Å². The van der Waals surface area contributed by atoms with Crippen molar-refractivity contribution >= 4 is 23.5 Å². The van der Waals surface area contributed by atoms with Crippen LogP contribution in [0.4, 0.5) is 10.5 Å². The van der Waals surface area contributed by atoms with E-state index in [1.807, 2.05) is 45.0 Å². The summed E-state index contributed by atoms with van der Waals surface area (Å²) >= 11 is 0. The molecule has 0 spiro atoms. The number of carbonyl (C=O) groups excluding carboxylic acids is 3. The Morgan fingerprint density at radius 1 is 1.13 bits per heavy atom. The Morgan fingerprint density at radius 3 is 2.40 bits per heavy atom. The molecule has 3 rings (SSSR count). The van der Waals surface area contributed by atoms with Gasteiger partial charge in [-0.25, -0.2) is 4.79 Å². The topological polar surface area (TPSA) is 87.7 Å². The van der Waals surface area contributed by atoms with E-state index in [4.69, 9.17) is 4.74 Å². The van der Waals surface area contributed by atoms with E-state index in [1.54, 1.807) is 31.4 Å². The normalized spacial score (nSPS) is 18.5. The van der Waals surface area contributed by atoms with E-state index in [0.29, 0.717) is 23.4 Å². The molecular weight excluding hydrogens is 382 g/mol. The largest absolute Gasteiger partial charge is 0.497 e. The molecule has 30 heavy (non-hydrogen) atoms. The molecule has 1 aliphatic heterocycles. The van der Waals surface area contributed by atoms with Crippen LogP contribution in [0, 0.1) is 0 Å². The van der Waals surface area contributed by atoms with Crippen molar-refractivity contribution in [2.75, 3.05) is 19.0 Å². The van der Waals surface area contributed by atoms with Gasteiger partial charge in [-0.15, -0.1) is 0 Å². The van der Waals surface area contributed by atoms with Crippen LogP contribution in [-0.2, 0) is 15.1 Å². The van der Waals surface area contributed by atoms with Crippen LogP contribution in [0.25, 0.3) is 0 Å². The van der Waals surface area contributed by atoms with Crippen LogP contribution in [-0.4, -0.2) is 36.4 Å². The SMILES string of the molecule is CCC1(c2ccc(OC)cc2)NC(=O)N(CC(=O)Nc2ccccc2C(C)C)C1=O. The minimum absolute atomic E-state index is 0.223. The summed E-state index contributed by atoms with van der Waals surface area (Å²) in [6.45, 7) is 5.54. The van der Waals surface area contributed by atoms with Gasteiger partial charge in [0.25, 0.3) is 5.91 Å². The third-order valence-electron chi connectivity index (χ3n) is 5.45. The fourth-order valence-corrected chi connectivity index (χ4v) is 3.73. The summed E-state index contributed by atoms with van der Waals surface area (Å²) in [5.74, 6) is 0.0172. The molecule has 4 amide bonds. The summed E-state index contributed by atoms with van der Waals surface area (Å²) in [6.07, 6.45) is 0.359. The van der Waals surface area contributed by atoms with Gasteiger partial charge in [0, 0.05) is 5.69 Å². The lowest BCUT2D eigenvalue weighted by molar-refractivity contribution is -0.134. The fourth-order valence-electron chi connectivity index (χ4n) is 3.73. The summed E-state index contributed by atoms with van der Waals surface area (Å²) in [5, 5.41) is 5.62. The summed E-state index contributed by atoms with van der Waals surface area (Å²) in [7, 11) is 1.56. The highest BCUT2D eigenvalue weighted by atomic mass is 16.5. The number of ether oxygens (including phenoxy) is 1. The van der Waals surface area contributed by atoms with Crippen LogP contribution in [0.3, 0.4) is 0 Å². The van der Waals surface area contributed by atoms with Crippen LogP contribution in [0.5, 0.6) is 5.75 Å². The number of methoxy groups -OCH3 is 1. The van der Waals surface area contributed by atoms with Crippen LogP contribution in [0.15, 0.2) is 48.5 Å². The van der Waals surface area contributed by atoms with E-state index in [0.717, 1.165) is 10.5 Å². The Morgan fingerprint density at radius 2 is 1.80 bits per heavy atom. The number of nitrogens with zero attached hydrogens (tertiary/aromatic N) is 1. The first-order valence-electron chi connectivity index (χ1n) is 9.99. The van der Waals surface area contributed by atoms with Gasteiger partial charge in [-0.1, -0.05) is 51.1 Å². The molecule has 1 saturated heterocycles. The number of para-hydroxylation sites is 1. The second-order valence-corrected chi connectivity index (χ2v) is 7.60. The molecule has 2 N–H and O–H groups in total. The lowest BCUT2D eigenvalue weighted by Gasteiger charge is -2.26. The molecule has 1 unspecified atom stereocenters. The number of carbonyl (C=O) groups is 3. The molecule has 1 fully saturated rings. The van der Waals surface area contributed by atoms with Crippen LogP contribution in [0.1, 0.15) is 44.2 Å². The molecule has 7 heteroatoms. The van der Waals surface area contributed by atoms with Crippen molar-refractivity contribution in [3.8, 4) is 5.75 Å². The molecule has 7 nitrogen and oxygen atoms in total. The Labute approximate surface area is 176 Å². The minimum atomic E-state index is -1.19. The summed E-state index contributed by atoms with van der Waals surface area (Å²) < 4.78 is 5.17. The second-order valence-electron chi connectivity index (χ2n) is 7.60. The first-order chi connectivity index (χ1) is 14.3. The second kappa shape index (κ2) is 8.57. The average molecular weight is 409 g/mol. The van der Waals surface area contributed by atoms with Crippen LogP contribution in [0.2, 0.25) is 0 Å². The van der Waals surface area contributed by atoms with Gasteiger partial charge in [-0.3, -0.25) is 14.5 Å². The number of benzene rings is 2. The molecule has 158 valence electrons. The van der Waals surface area contributed by atoms with Crippen molar-refractivity contribution in [1.82, 2.24) is 10.2 Å². The zero-order valence-corrected chi connectivity index (χ0v) is 17.7. The molecule has 2 aromatic rings. The number of rotatable bonds is 7. The lowest BCUT2D eigenvalue weighted by atomic mass is 9.87. The lowest BCUT2D eigenvalue weighted by Crippen LogP contribution is -2.44. The molecule has 0 aliphatic carbocycles. The monoisotopic (exact) mass is 409 g/mol. The number of hydrogen-bond acceptors (Lipinski definition) is 4. The molecule has 2 aromatic carbocycles. The Bertz CT molecular complexity index is 955. The van der Waals surface area contributed by atoms with Gasteiger partial charge in [-0.05, 0) is 41.7 Å². The number of imide groups is 1. The van der Waals surface area contributed by atoms with Gasteiger partial charge < -0.3 is 15.4 Å². The molecule has 0 radical (unpaired) electrons. The average Bonchev–Trinajstić information content (AvgIpc) is 2.99. The maximum absolute atomic E-state index is 13.2. The Hall–Kier alpha value is -3.35. The number of nitrogens with one attached hydrogen (secondary N) is 2. The highest BCUT2D eigenvalue weighted by molar-refractivity contribution is 6.10. The predicted molar refractivity (Wildman–Crippen MR) is 114 cm³/mol. The van der Waals surface area contributed by atoms with E-state index in [2.05, 4.69) is 10.6 Å². The number of amides is 4. The van der Waals surface area contributed by atoms with Crippen LogP contribution >= 0.6 is 0 Å². The van der Waals surface area contributed by atoms with Crippen LogP contribution < -0.4 is 15.4 Å². The summed E-state index contributed by atoms with van der Waals surface area (Å²) in [4.78, 5) is 39.5. The fraction of sp³-hybridized carbons (Fsp3) is 0.348. The zero-order chi connectivity index (χ0) is 21.9. The molecule has 1 heterocycles. The maximum atomic E-state index is 13.2. The highest BCUT2D eigenvalue weighted by Gasteiger charge is 2.51. The van der Waals surface area contributed by atoms with E-state index in [9.17, 15) is 14.4 Å². The summed E-state index contributed by atoms with van der Waals surface area (Å²) in [6, 6.07) is 13.9. The third kappa shape index (κ3) is 3.87. The van der Waals surface area contributed by atoms with E-state index in [-0.39, 0.29) is 12.5 Å². The van der Waals surface area contributed by atoms with E-state index >= 15 is 0 Å². The van der Waals surface area contributed by atoms with Crippen molar-refractivity contribution in [3.05, 3.63) is 59.7 Å². The molecule has 0 saturated carbocycles. The maximum Gasteiger partial charge on any atom is 0.325 e. The molecule has 0 bridgehead atoms. The van der Waals surface area contributed by atoms with Crippen molar-refractivity contribution in [2.45, 2.75) is 38.6 Å². The minimum Gasteiger partial charge on any atom is -0.497 e. The molecule has 1 aliphatic rings. The predicted octanol–water partition coefficient (Wildman–Crippen LogP) is 3.61. The Kier molecular flexibility index (Phi) is 6.10. The number of urea groups is 1. The van der Waals surface area contributed by atoms with Gasteiger partial charge in [0.1, 0.15) is 17.8 Å². The van der Waals surface area contributed by atoms with Gasteiger partial charge in [-0.2, -0.15) is 0 Å². The first-order valence-corrected chi connectivity index (χ1v) is 9.99. The standard InChI is InChI=1S/C23H27N3O4/c1-5-23(16-10-12-17(30-4)13-11-16)21(28)26(22(29)25-23)14-20(27)24-19-9-7-6-8-18(19)15(2)3/h6-13,15H,5,14H2,1-4H3,(H,24,27)(H,25,29). The molecular formula is C23H27N3O4. The van der Waals surface area contributed by atoms with E-state index in [1.165, 1.54) is 0 Å². The van der Waals surface area contributed by atoms with Gasteiger partial charge in [0.15, 0.2) is 0 Å². The first kappa shape index (κ1) is 21.4. The van der Waals surface area contributed by atoms with Gasteiger partial charge >= 0.3 is 6.03 Å². The van der Waals surface area contributed by atoms with Crippen molar-refractivity contribution < 1.29 is 19.1 Å². The quantitative estimate of drug-likeness (QED) is 0.684. The van der Waals surface area contributed by atoms with E-state index < -0.39 is 23.4 Å². The number of anilines is 1. The van der Waals surface area contributed by atoms with Gasteiger partial charge in [0.2, 0.25) is 5.91 Å². The summed E-state index contributed by atoms with van der Waals surface area (Å²) in [5.41, 5.74) is 1.13. The smallest absolute Gasteiger partial charge is 0.325 e. The Balaban J connectivity index is 1.79. The number of hydrogen-bond donors (Lipinski definition) is 2. The third-order valence-corrected chi connectivity index (χ3v) is 5.45. The molecule has 0 aromatic heterocycles. The van der Waals surface area contributed by atoms with Crippen molar-refractivity contribution in [3.63, 3.8) is 0 Å². The molecule has 1 atom stereocenters. The highest BCUT2D eigenvalue weighted by Crippen LogP contribution is 2.33. The zero-order valence-electron chi connectivity index (χ0n) is 17.7. The van der Waals surface area contributed by atoms with Crippen molar-refractivity contribution in [2.24, 2.45) is 0 Å². The van der Waals surface area contributed by atoms with Gasteiger partial charge in [0.05, 0.1) is 7.11 Å².